The van der Waals surface area contributed by atoms with Gasteiger partial charge in [-0.05, 0) is 25.3 Å². The van der Waals surface area contributed by atoms with E-state index in [0.29, 0.717) is 24.2 Å². The van der Waals surface area contributed by atoms with E-state index in [1.54, 1.807) is 24.4 Å². The van der Waals surface area contributed by atoms with Crippen LogP contribution in [0.2, 0.25) is 5.02 Å². The van der Waals surface area contributed by atoms with Gasteiger partial charge >= 0.3 is 0 Å². The van der Waals surface area contributed by atoms with Gasteiger partial charge in [-0.25, -0.2) is 9.37 Å². The zero-order chi connectivity index (χ0) is 13.9. The molecular weight excluding hydrogens is 277 g/mol. The third kappa shape index (κ3) is 2.72. The van der Waals surface area contributed by atoms with E-state index >= 15 is 0 Å². The van der Waals surface area contributed by atoms with Crippen LogP contribution in [0.3, 0.4) is 0 Å². The minimum Gasteiger partial charge on any atom is -0.333 e. The minimum atomic E-state index is -0.321. The molecule has 0 aliphatic heterocycles. The number of rotatable bonds is 4. The lowest BCUT2D eigenvalue weighted by molar-refractivity contribution is 0.388. The predicted molar refractivity (Wildman–Crippen MR) is 77.2 cm³/mol. The van der Waals surface area contributed by atoms with Crippen LogP contribution >= 0.6 is 11.6 Å². The lowest BCUT2D eigenvalue weighted by Gasteiger charge is -2.22. The average molecular weight is 294 g/mol. The van der Waals surface area contributed by atoms with Crippen molar-refractivity contribution in [2.75, 3.05) is 0 Å². The third-order valence-corrected chi connectivity index (χ3v) is 4.27. The summed E-state index contributed by atoms with van der Waals surface area (Å²) in [6.07, 6.45) is 9.05. The summed E-state index contributed by atoms with van der Waals surface area (Å²) in [4.78, 5) is 4.10. The molecule has 2 unspecified atom stereocenters. The van der Waals surface area contributed by atoms with Gasteiger partial charge in [0.05, 0.1) is 11.3 Å². The van der Waals surface area contributed by atoms with Gasteiger partial charge in [0.1, 0.15) is 5.82 Å². The molecule has 1 saturated carbocycles. The highest BCUT2D eigenvalue weighted by atomic mass is 35.5. The van der Waals surface area contributed by atoms with E-state index in [9.17, 15) is 4.39 Å². The van der Waals surface area contributed by atoms with Gasteiger partial charge < -0.3 is 9.88 Å². The van der Waals surface area contributed by atoms with Crippen molar-refractivity contribution in [3.63, 3.8) is 0 Å². The maximum Gasteiger partial charge on any atom is 0.146 e. The van der Waals surface area contributed by atoms with Gasteiger partial charge in [0.2, 0.25) is 0 Å². The maximum atomic E-state index is 13.9. The molecule has 0 amide bonds. The molecule has 0 saturated heterocycles. The van der Waals surface area contributed by atoms with Crippen LogP contribution in [0.1, 0.15) is 30.9 Å². The quantitative estimate of drug-likeness (QED) is 0.934. The topological polar surface area (TPSA) is 29.9 Å². The van der Waals surface area contributed by atoms with Crippen LogP contribution in [0.15, 0.2) is 36.9 Å². The van der Waals surface area contributed by atoms with Crippen LogP contribution < -0.4 is 5.32 Å². The Bertz CT molecular complexity index is 571. The van der Waals surface area contributed by atoms with Crippen molar-refractivity contribution in [3.8, 4) is 0 Å². The Balaban J connectivity index is 1.67. The first-order valence-corrected chi connectivity index (χ1v) is 7.27. The Morgan fingerprint density at radius 2 is 2.30 bits per heavy atom. The second-order valence-electron chi connectivity index (χ2n) is 5.21. The number of hydrogen-bond donors (Lipinski definition) is 1. The van der Waals surface area contributed by atoms with Crippen molar-refractivity contribution in [2.24, 2.45) is 0 Å². The number of imidazole rings is 1. The molecule has 2 atom stereocenters. The predicted octanol–water partition coefficient (Wildman–Crippen LogP) is 3.56. The molecule has 106 valence electrons. The van der Waals surface area contributed by atoms with Gasteiger partial charge in [0.25, 0.3) is 0 Å². The fourth-order valence-corrected chi connectivity index (χ4v) is 3.12. The molecule has 3 nitrogen and oxygen atoms in total. The first-order chi connectivity index (χ1) is 9.75. The molecule has 1 aromatic heterocycles. The molecule has 1 aliphatic rings. The van der Waals surface area contributed by atoms with Crippen LogP contribution in [0.25, 0.3) is 0 Å². The summed E-state index contributed by atoms with van der Waals surface area (Å²) in [5.41, 5.74) is 0.619. The lowest BCUT2D eigenvalue weighted by Crippen LogP contribution is -2.33. The monoisotopic (exact) mass is 293 g/mol. The number of nitrogens with zero attached hydrogens (tertiary/aromatic N) is 2. The fraction of sp³-hybridized carbons (Fsp3) is 0.400. The van der Waals surface area contributed by atoms with E-state index in [0.717, 1.165) is 12.8 Å². The number of benzene rings is 1. The van der Waals surface area contributed by atoms with E-state index in [1.807, 2.05) is 12.5 Å². The van der Waals surface area contributed by atoms with Crippen molar-refractivity contribution in [1.29, 1.82) is 0 Å². The molecule has 1 aromatic carbocycles. The molecule has 1 aliphatic carbocycles. The molecule has 20 heavy (non-hydrogen) atoms. The van der Waals surface area contributed by atoms with Crippen LogP contribution in [-0.4, -0.2) is 15.6 Å². The Labute approximate surface area is 122 Å². The van der Waals surface area contributed by atoms with E-state index in [1.165, 1.54) is 6.42 Å². The fourth-order valence-electron chi connectivity index (χ4n) is 2.93. The third-order valence-electron chi connectivity index (χ3n) is 3.97. The maximum absolute atomic E-state index is 13.9. The zero-order valence-corrected chi connectivity index (χ0v) is 11.9. The molecule has 0 radical (unpaired) electrons. The summed E-state index contributed by atoms with van der Waals surface area (Å²) in [6.45, 7) is 0.502. The Kier molecular flexibility index (Phi) is 4.03. The van der Waals surface area contributed by atoms with Crippen molar-refractivity contribution in [1.82, 2.24) is 14.9 Å². The standard InChI is InChI=1S/C15H17ClFN3/c16-12-4-1-3-11(15(12)17)9-19-13-5-2-6-14(13)20-8-7-18-10-20/h1,3-4,7-8,10,13-14,19H,2,5-6,9H2. The molecule has 3 rings (SSSR count). The summed E-state index contributed by atoms with van der Waals surface area (Å²) in [6, 6.07) is 5.88. The van der Waals surface area contributed by atoms with Gasteiger partial charge in [-0.2, -0.15) is 0 Å². The Morgan fingerprint density at radius 3 is 3.10 bits per heavy atom. The molecule has 0 spiro atoms. The van der Waals surface area contributed by atoms with Crippen molar-refractivity contribution in [2.45, 2.75) is 37.9 Å². The SMILES string of the molecule is Fc1c(Cl)cccc1CNC1CCCC1n1ccnc1. The molecule has 1 N–H and O–H groups in total. The van der Waals surface area contributed by atoms with Crippen LogP contribution in [0, 0.1) is 5.82 Å². The van der Waals surface area contributed by atoms with Crippen LogP contribution in [-0.2, 0) is 6.54 Å². The number of hydrogen-bond acceptors (Lipinski definition) is 2. The van der Waals surface area contributed by atoms with Crippen molar-refractivity contribution < 1.29 is 4.39 Å². The Morgan fingerprint density at radius 1 is 1.40 bits per heavy atom. The molecule has 5 heteroatoms. The molecule has 0 bridgehead atoms. The first-order valence-electron chi connectivity index (χ1n) is 6.89. The van der Waals surface area contributed by atoms with E-state index < -0.39 is 0 Å². The second kappa shape index (κ2) is 5.94. The van der Waals surface area contributed by atoms with E-state index in [2.05, 4.69) is 14.9 Å². The van der Waals surface area contributed by atoms with Gasteiger partial charge in [-0.15, -0.1) is 0 Å². The first kappa shape index (κ1) is 13.6. The largest absolute Gasteiger partial charge is 0.333 e. The van der Waals surface area contributed by atoms with Crippen molar-refractivity contribution in [3.05, 3.63) is 53.3 Å². The molecule has 2 aromatic rings. The summed E-state index contributed by atoms with van der Waals surface area (Å²) in [7, 11) is 0. The lowest BCUT2D eigenvalue weighted by atomic mass is 10.1. The van der Waals surface area contributed by atoms with Crippen molar-refractivity contribution >= 4 is 11.6 Å². The Hall–Kier alpha value is -1.39. The summed E-state index contributed by atoms with van der Waals surface area (Å²) in [5.74, 6) is -0.321. The summed E-state index contributed by atoms with van der Waals surface area (Å²) in [5, 5.41) is 3.64. The van der Waals surface area contributed by atoms with Gasteiger partial charge in [0, 0.05) is 36.6 Å². The highest BCUT2D eigenvalue weighted by Crippen LogP contribution is 2.30. The average Bonchev–Trinajstić information content (AvgIpc) is 3.10. The minimum absolute atomic E-state index is 0.182. The highest BCUT2D eigenvalue weighted by Gasteiger charge is 2.28. The van der Waals surface area contributed by atoms with Gasteiger partial charge in [-0.3, -0.25) is 0 Å². The summed E-state index contributed by atoms with van der Waals surface area (Å²) >= 11 is 5.80. The molecule has 1 heterocycles. The number of nitrogens with one attached hydrogen (secondary N) is 1. The van der Waals surface area contributed by atoms with Crippen LogP contribution in [0.4, 0.5) is 4.39 Å². The number of halogens is 2. The van der Waals surface area contributed by atoms with Gasteiger partial charge in [-0.1, -0.05) is 23.7 Å². The normalized spacial score (nSPS) is 22.3. The molecule has 1 fully saturated rings. The van der Waals surface area contributed by atoms with Gasteiger partial charge in [0.15, 0.2) is 0 Å². The smallest absolute Gasteiger partial charge is 0.146 e. The van der Waals surface area contributed by atoms with E-state index in [4.69, 9.17) is 11.6 Å². The number of aromatic nitrogens is 2. The summed E-state index contributed by atoms with van der Waals surface area (Å²) < 4.78 is 16.0. The zero-order valence-electron chi connectivity index (χ0n) is 11.1. The van der Waals surface area contributed by atoms with E-state index in [-0.39, 0.29) is 10.8 Å². The molecular formula is C15H17ClFN3. The van der Waals surface area contributed by atoms with Crippen LogP contribution in [0.5, 0.6) is 0 Å². The highest BCUT2D eigenvalue weighted by molar-refractivity contribution is 6.30. The second-order valence-corrected chi connectivity index (χ2v) is 5.62.